The summed E-state index contributed by atoms with van der Waals surface area (Å²) in [6.07, 6.45) is 1.12. The zero-order valence-electron chi connectivity index (χ0n) is 17.4. The number of carbonyl (C=O) groups excluding carboxylic acids is 1. The van der Waals surface area contributed by atoms with E-state index in [2.05, 4.69) is 9.97 Å². The van der Waals surface area contributed by atoms with E-state index in [1.165, 1.54) is 18.5 Å². The molecule has 2 aromatic heterocycles. The molecule has 0 aliphatic heterocycles. The fourth-order valence-electron chi connectivity index (χ4n) is 4.76. The molecule has 0 saturated heterocycles. The highest BCUT2D eigenvalue weighted by Crippen LogP contribution is 2.46. The first kappa shape index (κ1) is 24.1. The highest BCUT2D eigenvalue weighted by Gasteiger charge is 2.44. The van der Waals surface area contributed by atoms with Crippen LogP contribution in [0.1, 0.15) is 61.9 Å². The number of primary amides is 1. The monoisotopic (exact) mass is 459 g/mol. The van der Waals surface area contributed by atoms with Crippen molar-refractivity contribution in [3.63, 3.8) is 0 Å². The van der Waals surface area contributed by atoms with E-state index in [0.717, 1.165) is 0 Å². The summed E-state index contributed by atoms with van der Waals surface area (Å²) in [6.45, 7) is 0. The molecule has 0 radical (unpaired) electrons. The van der Waals surface area contributed by atoms with Gasteiger partial charge in [-0.1, -0.05) is 0 Å². The van der Waals surface area contributed by atoms with Gasteiger partial charge in [0.15, 0.2) is 5.43 Å². The normalized spacial score (nSPS) is 23.9. The summed E-state index contributed by atoms with van der Waals surface area (Å²) in [5.74, 6) is -3.95. The zero-order chi connectivity index (χ0) is 23.5. The van der Waals surface area contributed by atoms with Gasteiger partial charge in [-0.25, -0.2) is 8.78 Å². The minimum Gasteiger partial charge on any atom is -0.364 e. The lowest BCUT2D eigenvalue weighted by Crippen LogP contribution is -2.33. The fraction of sp³-hybridized carbons (Fsp3) is 0.591. The van der Waals surface area contributed by atoms with Crippen LogP contribution in [-0.2, 0) is 0 Å². The van der Waals surface area contributed by atoms with Gasteiger partial charge in [0, 0.05) is 31.3 Å². The van der Waals surface area contributed by atoms with E-state index >= 15 is 0 Å². The maximum Gasteiger partial charge on any atom is 0.391 e. The first-order valence-electron chi connectivity index (χ1n) is 10.7. The van der Waals surface area contributed by atoms with Crippen LogP contribution in [0.15, 0.2) is 29.3 Å². The van der Waals surface area contributed by atoms with E-state index in [4.69, 9.17) is 5.73 Å². The standard InChI is InChI=1S/C13H19F5.C9H7N3O2/c14-12(15)7-5-10(6-8-12)9-1-3-11(4-2-9)13(16,17)18;10-9(14)8-7-5(1-3-12-8)11-4-2-6(7)13/h9-11H,1-8H2;1-4H,(H2,10,14)(H,11,13). The molecule has 2 saturated carbocycles. The number of halogens is 5. The first-order valence-corrected chi connectivity index (χ1v) is 10.7. The molecule has 5 nitrogen and oxygen atoms in total. The lowest BCUT2D eigenvalue weighted by atomic mass is 9.70. The molecule has 2 aliphatic carbocycles. The number of pyridine rings is 2. The zero-order valence-corrected chi connectivity index (χ0v) is 17.4. The SMILES string of the molecule is FC1(F)CCC(C2CCC(C(F)(F)F)CC2)CC1.NC(=O)c1nccc2[nH]ccc(=O)c12. The molecule has 2 aliphatic rings. The van der Waals surface area contributed by atoms with E-state index in [1.54, 1.807) is 6.07 Å². The van der Waals surface area contributed by atoms with Gasteiger partial charge in [0.2, 0.25) is 5.92 Å². The number of amides is 1. The number of nitrogens with one attached hydrogen (secondary N) is 1. The summed E-state index contributed by atoms with van der Waals surface area (Å²) in [4.78, 5) is 29.0. The number of fused-ring (bicyclic) bond motifs is 1. The smallest absolute Gasteiger partial charge is 0.364 e. The van der Waals surface area contributed by atoms with Crippen LogP contribution in [0.4, 0.5) is 22.0 Å². The number of H-pyrrole nitrogens is 1. The van der Waals surface area contributed by atoms with Gasteiger partial charge in [-0.05, 0) is 56.4 Å². The van der Waals surface area contributed by atoms with E-state index in [0.29, 0.717) is 31.2 Å². The second-order valence-electron chi connectivity index (χ2n) is 8.63. The minimum absolute atomic E-state index is 0.00403. The first-order chi connectivity index (χ1) is 15.0. The van der Waals surface area contributed by atoms with Crippen molar-refractivity contribution in [1.82, 2.24) is 9.97 Å². The molecular formula is C22H26F5N3O2. The number of nitrogens with two attached hydrogens (primary N) is 1. The lowest BCUT2D eigenvalue weighted by Gasteiger charge is -2.38. The van der Waals surface area contributed by atoms with Crippen LogP contribution in [0.2, 0.25) is 0 Å². The molecule has 176 valence electrons. The Labute approximate surface area is 181 Å². The predicted molar refractivity (Wildman–Crippen MR) is 109 cm³/mol. The molecule has 0 aromatic carbocycles. The molecule has 0 bridgehead atoms. The Morgan fingerprint density at radius 3 is 2.19 bits per heavy atom. The van der Waals surface area contributed by atoms with E-state index in [1.807, 2.05) is 0 Å². The average molecular weight is 459 g/mol. The molecule has 2 heterocycles. The maximum atomic E-state index is 13.0. The summed E-state index contributed by atoms with van der Waals surface area (Å²) in [6, 6.07) is 2.94. The number of nitrogens with zero attached hydrogens (tertiary/aromatic N) is 1. The molecule has 10 heteroatoms. The number of hydrogen-bond donors (Lipinski definition) is 2. The Morgan fingerprint density at radius 2 is 1.62 bits per heavy atom. The lowest BCUT2D eigenvalue weighted by molar-refractivity contribution is -0.185. The van der Waals surface area contributed by atoms with Crippen molar-refractivity contribution in [1.29, 1.82) is 0 Å². The molecule has 32 heavy (non-hydrogen) atoms. The van der Waals surface area contributed by atoms with Gasteiger partial charge in [0.1, 0.15) is 5.69 Å². The summed E-state index contributed by atoms with van der Waals surface area (Å²) in [5, 5.41) is 0.238. The molecule has 1 amide bonds. The summed E-state index contributed by atoms with van der Waals surface area (Å²) in [7, 11) is 0. The number of rotatable bonds is 2. The molecule has 2 aromatic rings. The van der Waals surface area contributed by atoms with Gasteiger partial charge < -0.3 is 10.7 Å². The van der Waals surface area contributed by atoms with E-state index < -0.39 is 23.9 Å². The van der Waals surface area contributed by atoms with Crippen molar-refractivity contribution in [2.24, 2.45) is 23.5 Å². The van der Waals surface area contributed by atoms with Crippen LogP contribution in [-0.4, -0.2) is 28.0 Å². The third-order valence-electron chi connectivity index (χ3n) is 6.57. The largest absolute Gasteiger partial charge is 0.391 e. The van der Waals surface area contributed by atoms with Crippen LogP contribution in [0.5, 0.6) is 0 Å². The van der Waals surface area contributed by atoms with Gasteiger partial charge >= 0.3 is 6.18 Å². The third kappa shape index (κ3) is 5.83. The second kappa shape index (κ2) is 9.54. The molecule has 0 spiro atoms. The van der Waals surface area contributed by atoms with Gasteiger partial charge in [-0.15, -0.1) is 0 Å². The van der Waals surface area contributed by atoms with Crippen molar-refractivity contribution in [3.8, 4) is 0 Å². The molecule has 4 rings (SSSR count). The van der Waals surface area contributed by atoms with Crippen molar-refractivity contribution in [2.75, 3.05) is 0 Å². The molecule has 2 fully saturated rings. The van der Waals surface area contributed by atoms with E-state index in [9.17, 15) is 31.5 Å². The van der Waals surface area contributed by atoms with Crippen LogP contribution >= 0.6 is 0 Å². The molecule has 0 atom stereocenters. The number of aromatic nitrogens is 2. The minimum atomic E-state index is -4.08. The molecule has 3 N–H and O–H groups in total. The Morgan fingerprint density at radius 1 is 1.03 bits per heavy atom. The van der Waals surface area contributed by atoms with Gasteiger partial charge in [0.25, 0.3) is 5.91 Å². The van der Waals surface area contributed by atoms with Crippen molar-refractivity contribution < 1.29 is 26.7 Å². The molecular weight excluding hydrogens is 433 g/mol. The number of aromatic amines is 1. The summed E-state index contributed by atoms with van der Waals surface area (Å²) in [5.41, 5.74) is 5.39. The molecule has 0 unspecified atom stereocenters. The average Bonchev–Trinajstić information content (AvgIpc) is 2.73. The van der Waals surface area contributed by atoms with Gasteiger partial charge in [-0.3, -0.25) is 14.6 Å². The Hall–Kier alpha value is -2.52. The van der Waals surface area contributed by atoms with Crippen LogP contribution in [0.25, 0.3) is 10.9 Å². The third-order valence-corrected chi connectivity index (χ3v) is 6.57. The quantitative estimate of drug-likeness (QED) is 0.605. The highest BCUT2D eigenvalue weighted by atomic mass is 19.4. The van der Waals surface area contributed by atoms with Crippen molar-refractivity contribution in [2.45, 2.75) is 63.5 Å². The Balaban J connectivity index is 0.000000186. The highest BCUT2D eigenvalue weighted by molar-refractivity contribution is 6.03. The predicted octanol–water partition coefficient (Wildman–Crippen LogP) is 5.20. The van der Waals surface area contributed by atoms with Crippen molar-refractivity contribution in [3.05, 3.63) is 40.4 Å². The van der Waals surface area contributed by atoms with E-state index in [-0.39, 0.29) is 54.0 Å². The Bertz CT molecular complexity index is 982. The summed E-state index contributed by atoms with van der Waals surface area (Å²) < 4.78 is 63.6. The fourth-order valence-corrected chi connectivity index (χ4v) is 4.76. The number of carbonyl (C=O) groups is 1. The van der Waals surface area contributed by atoms with Crippen molar-refractivity contribution >= 4 is 16.8 Å². The topological polar surface area (TPSA) is 88.8 Å². The maximum absolute atomic E-state index is 13.0. The Kier molecular flexibility index (Phi) is 7.19. The van der Waals surface area contributed by atoms with Gasteiger partial charge in [0.05, 0.1) is 16.8 Å². The number of alkyl halides is 5. The van der Waals surface area contributed by atoms with Gasteiger partial charge in [-0.2, -0.15) is 13.2 Å². The second-order valence-corrected chi connectivity index (χ2v) is 8.63. The summed E-state index contributed by atoms with van der Waals surface area (Å²) >= 11 is 0. The number of hydrogen-bond acceptors (Lipinski definition) is 3. The van der Waals surface area contributed by atoms with Crippen LogP contribution in [0, 0.1) is 17.8 Å². The van der Waals surface area contributed by atoms with Crippen LogP contribution < -0.4 is 11.2 Å². The van der Waals surface area contributed by atoms with Crippen LogP contribution in [0.3, 0.4) is 0 Å².